The number of carbonyl (C=O) groups is 1. The molecule has 0 aliphatic carbocycles. The summed E-state index contributed by atoms with van der Waals surface area (Å²) in [6.45, 7) is 2.44. The molecular weight excluding hydrogens is 226 g/mol. The Labute approximate surface area is 98.9 Å². The van der Waals surface area contributed by atoms with Crippen LogP contribution in [-0.4, -0.2) is 11.8 Å². The highest BCUT2D eigenvalue weighted by Gasteiger charge is 2.04. The number of rotatable bonds is 4. The lowest BCUT2D eigenvalue weighted by Gasteiger charge is -2.03. The highest BCUT2D eigenvalue weighted by atomic mass is 35.5. The van der Waals surface area contributed by atoms with Crippen LogP contribution in [0.2, 0.25) is 0 Å². The maximum Gasteiger partial charge on any atom is 0.262 e. The van der Waals surface area contributed by atoms with Crippen LogP contribution in [0.15, 0.2) is 29.8 Å². The highest BCUT2D eigenvalue weighted by Crippen LogP contribution is 2.16. The van der Waals surface area contributed by atoms with Gasteiger partial charge in [0.2, 0.25) is 0 Å². The molecule has 0 fully saturated rings. The van der Waals surface area contributed by atoms with Gasteiger partial charge in [0.25, 0.3) is 5.24 Å². The van der Waals surface area contributed by atoms with E-state index in [0.29, 0.717) is 17.9 Å². The number of ether oxygens (including phenoxy) is 1. The minimum absolute atomic E-state index is 0.0877. The lowest BCUT2D eigenvalue weighted by Crippen LogP contribution is -1.92. The first-order chi connectivity index (χ1) is 7.67. The van der Waals surface area contributed by atoms with Crippen molar-refractivity contribution in [1.29, 1.82) is 5.26 Å². The Morgan fingerprint density at radius 1 is 1.62 bits per heavy atom. The first-order valence-corrected chi connectivity index (χ1v) is 5.09. The van der Waals surface area contributed by atoms with Gasteiger partial charge in [-0.05, 0) is 42.3 Å². The zero-order valence-corrected chi connectivity index (χ0v) is 9.49. The minimum Gasteiger partial charge on any atom is -0.494 e. The van der Waals surface area contributed by atoms with Gasteiger partial charge >= 0.3 is 0 Å². The van der Waals surface area contributed by atoms with E-state index in [-0.39, 0.29) is 5.57 Å². The van der Waals surface area contributed by atoms with Crippen LogP contribution in [0.25, 0.3) is 6.08 Å². The Morgan fingerprint density at radius 3 is 2.94 bits per heavy atom. The molecule has 1 aromatic carbocycles. The zero-order chi connectivity index (χ0) is 12.0. The molecule has 4 heteroatoms. The summed E-state index contributed by atoms with van der Waals surface area (Å²) in [6.07, 6.45) is 1.43. The summed E-state index contributed by atoms with van der Waals surface area (Å²) in [5, 5.41) is 7.92. The van der Waals surface area contributed by atoms with Crippen LogP contribution in [0.1, 0.15) is 12.5 Å². The standard InChI is InChI=1S/C12H10ClNO2/c1-2-16-11-5-3-4-9(7-11)6-10(8-14)12(13)15/h3-7H,2H2,1H3. The summed E-state index contributed by atoms with van der Waals surface area (Å²) in [6, 6.07) is 8.82. The summed E-state index contributed by atoms with van der Waals surface area (Å²) in [5.41, 5.74) is 0.617. The van der Waals surface area contributed by atoms with Crippen molar-refractivity contribution in [2.24, 2.45) is 0 Å². The van der Waals surface area contributed by atoms with Crippen LogP contribution in [-0.2, 0) is 4.79 Å². The fourth-order valence-corrected chi connectivity index (χ4v) is 1.26. The van der Waals surface area contributed by atoms with Crippen molar-refractivity contribution in [3.8, 4) is 11.8 Å². The van der Waals surface area contributed by atoms with E-state index in [1.807, 2.05) is 6.92 Å². The quantitative estimate of drug-likeness (QED) is 0.458. The molecule has 0 amide bonds. The smallest absolute Gasteiger partial charge is 0.262 e. The summed E-state index contributed by atoms with van der Waals surface area (Å²) in [4.78, 5) is 10.8. The van der Waals surface area contributed by atoms with Gasteiger partial charge < -0.3 is 4.74 Å². The monoisotopic (exact) mass is 235 g/mol. The summed E-state index contributed by atoms with van der Waals surface area (Å²) in [5.74, 6) is 0.690. The molecule has 0 radical (unpaired) electrons. The third kappa shape index (κ3) is 3.41. The second kappa shape index (κ2) is 5.94. The number of hydrogen-bond acceptors (Lipinski definition) is 3. The Kier molecular flexibility index (Phi) is 4.56. The van der Waals surface area contributed by atoms with Crippen molar-refractivity contribution >= 4 is 22.9 Å². The summed E-state index contributed by atoms with van der Waals surface area (Å²) in [7, 11) is 0. The third-order valence-electron chi connectivity index (χ3n) is 1.81. The van der Waals surface area contributed by atoms with E-state index in [1.165, 1.54) is 6.08 Å². The predicted octanol–water partition coefficient (Wildman–Crippen LogP) is 2.76. The van der Waals surface area contributed by atoms with Crippen LogP contribution in [0, 0.1) is 11.3 Å². The lowest BCUT2D eigenvalue weighted by atomic mass is 10.1. The first-order valence-electron chi connectivity index (χ1n) is 4.72. The van der Waals surface area contributed by atoms with E-state index in [0.717, 1.165) is 0 Å². The fraction of sp³-hybridized carbons (Fsp3) is 0.167. The van der Waals surface area contributed by atoms with Gasteiger partial charge in [0.15, 0.2) is 0 Å². The van der Waals surface area contributed by atoms with Gasteiger partial charge in [-0.25, -0.2) is 0 Å². The molecule has 0 saturated carbocycles. The van der Waals surface area contributed by atoms with Crippen LogP contribution in [0.3, 0.4) is 0 Å². The van der Waals surface area contributed by atoms with Gasteiger partial charge in [-0.15, -0.1) is 0 Å². The van der Waals surface area contributed by atoms with Crippen molar-refractivity contribution in [1.82, 2.24) is 0 Å². The Bertz CT molecular complexity index is 460. The van der Waals surface area contributed by atoms with E-state index in [4.69, 9.17) is 21.6 Å². The molecule has 0 aliphatic heterocycles. The highest BCUT2D eigenvalue weighted by molar-refractivity contribution is 6.68. The number of benzene rings is 1. The second-order valence-corrected chi connectivity index (χ2v) is 3.29. The summed E-state index contributed by atoms with van der Waals surface area (Å²) < 4.78 is 5.29. The number of hydrogen-bond donors (Lipinski definition) is 0. The van der Waals surface area contributed by atoms with Crippen molar-refractivity contribution < 1.29 is 9.53 Å². The molecule has 0 unspecified atom stereocenters. The van der Waals surface area contributed by atoms with Gasteiger partial charge in [0.05, 0.1) is 6.61 Å². The number of halogens is 1. The molecule has 0 heterocycles. The molecule has 0 aliphatic rings. The van der Waals surface area contributed by atoms with Crippen molar-refractivity contribution in [3.05, 3.63) is 35.4 Å². The lowest BCUT2D eigenvalue weighted by molar-refractivity contribution is -0.108. The topological polar surface area (TPSA) is 50.1 Å². The molecule has 0 atom stereocenters. The largest absolute Gasteiger partial charge is 0.494 e. The molecule has 82 valence electrons. The Morgan fingerprint density at radius 2 is 2.38 bits per heavy atom. The molecule has 0 bridgehead atoms. The second-order valence-electron chi connectivity index (χ2n) is 2.95. The van der Waals surface area contributed by atoms with E-state index in [9.17, 15) is 4.79 Å². The van der Waals surface area contributed by atoms with E-state index >= 15 is 0 Å². The van der Waals surface area contributed by atoms with E-state index in [2.05, 4.69) is 0 Å². The Balaban J connectivity index is 3.01. The number of allylic oxidation sites excluding steroid dienone is 1. The van der Waals surface area contributed by atoms with Crippen LogP contribution >= 0.6 is 11.6 Å². The summed E-state index contributed by atoms with van der Waals surface area (Å²) >= 11 is 5.23. The van der Waals surface area contributed by atoms with Gasteiger partial charge in [0.1, 0.15) is 17.4 Å². The average molecular weight is 236 g/mol. The molecule has 0 spiro atoms. The van der Waals surface area contributed by atoms with E-state index in [1.54, 1.807) is 30.3 Å². The average Bonchev–Trinajstić information content (AvgIpc) is 2.26. The maximum atomic E-state index is 10.8. The zero-order valence-electron chi connectivity index (χ0n) is 8.74. The molecular formula is C12H10ClNO2. The molecule has 1 aromatic rings. The fourth-order valence-electron chi connectivity index (χ4n) is 1.16. The maximum absolute atomic E-state index is 10.8. The normalized spacial score (nSPS) is 10.7. The van der Waals surface area contributed by atoms with Gasteiger partial charge in [-0.1, -0.05) is 12.1 Å². The van der Waals surface area contributed by atoms with Gasteiger partial charge in [0, 0.05) is 0 Å². The van der Waals surface area contributed by atoms with Gasteiger partial charge in [-0.2, -0.15) is 5.26 Å². The SMILES string of the molecule is CCOc1cccc(C=C(C#N)C(=O)Cl)c1. The molecule has 0 aromatic heterocycles. The molecule has 3 nitrogen and oxygen atoms in total. The molecule has 0 N–H and O–H groups in total. The van der Waals surface area contributed by atoms with Crippen molar-refractivity contribution in [2.75, 3.05) is 6.61 Å². The molecule has 1 rings (SSSR count). The Hall–Kier alpha value is -1.79. The van der Waals surface area contributed by atoms with Gasteiger partial charge in [-0.3, -0.25) is 4.79 Å². The molecule has 0 saturated heterocycles. The first kappa shape index (κ1) is 12.3. The van der Waals surface area contributed by atoms with E-state index < -0.39 is 5.24 Å². The van der Waals surface area contributed by atoms with Crippen molar-refractivity contribution in [2.45, 2.75) is 6.92 Å². The van der Waals surface area contributed by atoms with Crippen LogP contribution in [0.5, 0.6) is 5.75 Å². The minimum atomic E-state index is -0.760. The van der Waals surface area contributed by atoms with Crippen LogP contribution in [0.4, 0.5) is 0 Å². The molecule has 16 heavy (non-hydrogen) atoms. The number of nitriles is 1. The number of carbonyl (C=O) groups excluding carboxylic acids is 1. The van der Waals surface area contributed by atoms with Crippen molar-refractivity contribution in [3.63, 3.8) is 0 Å². The number of nitrogens with zero attached hydrogens (tertiary/aromatic N) is 1. The predicted molar refractivity (Wildman–Crippen MR) is 62.1 cm³/mol. The van der Waals surface area contributed by atoms with Crippen LogP contribution < -0.4 is 4.74 Å². The third-order valence-corrected chi connectivity index (χ3v) is 2.02.